The Morgan fingerprint density at radius 1 is 1.30 bits per heavy atom. The molecular formula is C17H25NO4S. The van der Waals surface area contributed by atoms with E-state index in [-0.39, 0.29) is 16.9 Å². The van der Waals surface area contributed by atoms with Crippen molar-refractivity contribution in [3.05, 3.63) is 29.8 Å². The van der Waals surface area contributed by atoms with Crippen LogP contribution in [0.5, 0.6) is 0 Å². The molecule has 1 aliphatic carbocycles. The van der Waals surface area contributed by atoms with Crippen molar-refractivity contribution in [3.63, 3.8) is 0 Å². The molecule has 1 aromatic carbocycles. The van der Waals surface area contributed by atoms with Crippen molar-refractivity contribution in [1.82, 2.24) is 5.32 Å². The smallest absolute Gasteiger partial charge is 0.251 e. The van der Waals surface area contributed by atoms with E-state index in [2.05, 4.69) is 12.2 Å². The Balaban J connectivity index is 1.81. The number of benzene rings is 1. The van der Waals surface area contributed by atoms with Crippen molar-refractivity contribution in [1.29, 1.82) is 0 Å². The maximum absolute atomic E-state index is 12.1. The number of hydrogen-bond acceptors (Lipinski definition) is 4. The number of ether oxygens (including phenoxy) is 1. The van der Waals surface area contributed by atoms with E-state index in [4.69, 9.17) is 4.74 Å². The molecule has 0 spiro atoms. The molecule has 0 bridgehead atoms. The van der Waals surface area contributed by atoms with E-state index in [1.54, 1.807) is 12.1 Å². The van der Waals surface area contributed by atoms with Gasteiger partial charge in [0, 0.05) is 18.4 Å². The lowest BCUT2D eigenvalue weighted by Gasteiger charge is -2.28. The van der Waals surface area contributed by atoms with Crippen LogP contribution in [0.4, 0.5) is 0 Å². The Bertz CT molecular complexity index is 642. The predicted molar refractivity (Wildman–Crippen MR) is 89.3 cm³/mol. The fourth-order valence-electron chi connectivity index (χ4n) is 2.87. The van der Waals surface area contributed by atoms with Gasteiger partial charge in [0.05, 0.1) is 17.6 Å². The minimum atomic E-state index is -3.31. The molecule has 23 heavy (non-hydrogen) atoms. The molecule has 0 aliphatic heterocycles. The highest BCUT2D eigenvalue weighted by atomic mass is 32.2. The van der Waals surface area contributed by atoms with Gasteiger partial charge in [-0.2, -0.15) is 0 Å². The SMILES string of the molecule is C[C@H]1CCCC[C@H]1OCCNC(=O)c1cccc(S(C)(=O)=O)c1. The van der Waals surface area contributed by atoms with Gasteiger partial charge in [0.1, 0.15) is 0 Å². The maximum Gasteiger partial charge on any atom is 0.251 e. The molecule has 0 aromatic heterocycles. The number of amides is 1. The molecule has 1 N–H and O–H groups in total. The van der Waals surface area contributed by atoms with Crippen LogP contribution in [0.2, 0.25) is 0 Å². The van der Waals surface area contributed by atoms with Gasteiger partial charge in [-0.25, -0.2) is 8.42 Å². The third kappa shape index (κ3) is 5.32. The molecule has 0 unspecified atom stereocenters. The Hall–Kier alpha value is -1.40. The van der Waals surface area contributed by atoms with Crippen molar-refractivity contribution < 1.29 is 17.9 Å². The second-order valence-corrected chi connectivity index (χ2v) is 8.24. The first kappa shape index (κ1) is 17.9. The van der Waals surface area contributed by atoms with Crippen LogP contribution in [-0.2, 0) is 14.6 Å². The van der Waals surface area contributed by atoms with E-state index in [0.717, 1.165) is 12.7 Å². The van der Waals surface area contributed by atoms with Crippen molar-refractivity contribution in [2.75, 3.05) is 19.4 Å². The second kappa shape index (κ2) is 7.93. The minimum Gasteiger partial charge on any atom is -0.376 e. The molecular weight excluding hydrogens is 314 g/mol. The predicted octanol–water partition coefficient (Wildman–Crippen LogP) is 2.42. The second-order valence-electron chi connectivity index (χ2n) is 6.23. The summed E-state index contributed by atoms with van der Waals surface area (Å²) in [6.45, 7) is 3.11. The summed E-state index contributed by atoms with van der Waals surface area (Å²) in [6.07, 6.45) is 6.19. The average Bonchev–Trinajstić information content (AvgIpc) is 2.52. The normalized spacial score (nSPS) is 21.8. The molecule has 1 aliphatic rings. The third-order valence-corrected chi connectivity index (χ3v) is 5.39. The van der Waals surface area contributed by atoms with E-state index < -0.39 is 9.84 Å². The van der Waals surface area contributed by atoms with Crippen molar-refractivity contribution in [2.24, 2.45) is 5.92 Å². The van der Waals surface area contributed by atoms with Crippen LogP contribution in [-0.4, -0.2) is 39.8 Å². The number of rotatable bonds is 6. The highest BCUT2D eigenvalue weighted by molar-refractivity contribution is 7.90. The first-order valence-electron chi connectivity index (χ1n) is 8.08. The fraction of sp³-hybridized carbons (Fsp3) is 0.588. The summed E-state index contributed by atoms with van der Waals surface area (Å²) in [6, 6.07) is 6.06. The lowest BCUT2D eigenvalue weighted by atomic mass is 9.88. The number of sulfone groups is 1. The van der Waals surface area contributed by atoms with E-state index in [1.165, 1.54) is 31.4 Å². The monoisotopic (exact) mass is 339 g/mol. The number of carbonyl (C=O) groups excluding carboxylic acids is 1. The number of carbonyl (C=O) groups is 1. The topological polar surface area (TPSA) is 72.5 Å². The molecule has 128 valence electrons. The molecule has 0 heterocycles. The third-order valence-electron chi connectivity index (χ3n) is 4.28. The minimum absolute atomic E-state index is 0.150. The lowest BCUT2D eigenvalue weighted by molar-refractivity contribution is -0.00293. The summed E-state index contributed by atoms with van der Waals surface area (Å²) in [5, 5.41) is 2.77. The first-order chi connectivity index (χ1) is 10.9. The molecule has 0 radical (unpaired) electrons. The summed E-state index contributed by atoms with van der Waals surface area (Å²) in [5.74, 6) is 0.293. The molecule has 2 rings (SSSR count). The Morgan fingerprint density at radius 3 is 2.74 bits per heavy atom. The molecule has 5 nitrogen and oxygen atoms in total. The van der Waals surface area contributed by atoms with Gasteiger partial charge in [-0.05, 0) is 37.0 Å². The van der Waals surface area contributed by atoms with Gasteiger partial charge >= 0.3 is 0 Å². The summed E-state index contributed by atoms with van der Waals surface area (Å²) in [5.41, 5.74) is 0.346. The van der Waals surface area contributed by atoms with Crippen LogP contribution in [0, 0.1) is 5.92 Å². The van der Waals surface area contributed by atoms with Gasteiger partial charge in [0.15, 0.2) is 9.84 Å². The van der Waals surface area contributed by atoms with Crippen molar-refractivity contribution in [3.8, 4) is 0 Å². The van der Waals surface area contributed by atoms with Gasteiger partial charge in [-0.1, -0.05) is 25.8 Å². The number of nitrogens with one attached hydrogen (secondary N) is 1. The van der Waals surface area contributed by atoms with E-state index in [9.17, 15) is 13.2 Å². The Kier molecular flexibility index (Phi) is 6.18. The van der Waals surface area contributed by atoms with Crippen LogP contribution < -0.4 is 5.32 Å². The van der Waals surface area contributed by atoms with E-state index >= 15 is 0 Å². The van der Waals surface area contributed by atoms with Crippen molar-refractivity contribution >= 4 is 15.7 Å². The van der Waals surface area contributed by atoms with Gasteiger partial charge in [-0.3, -0.25) is 4.79 Å². The first-order valence-corrected chi connectivity index (χ1v) is 9.97. The summed E-state index contributed by atoms with van der Waals surface area (Å²) >= 11 is 0. The summed E-state index contributed by atoms with van der Waals surface area (Å²) in [4.78, 5) is 12.2. The van der Waals surface area contributed by atoms with Crippen LogP contribution in [0.25, 0.3) is 0 Å². The number of hydrogen-bond donors (Lipinski definition) is 1. The lowest BCUT2D eigenvalue weighted by Crippen LogP contribution is -2.31. The summed E-state index contributed by atoms with van der Waals surface area (Å²) < 4.78 is 28.9. The fourth-order valence-corrected chi connectivity index (χ4v) is 3.54. The molecule has 2 atom stereocenters. The van der Waals surface area contributed by atoms with E-state index in [1.807, 2.05) is 0 Å². The summed E-state index contributed by atoms with van der Waals surface area (Å²) in [7, 11) is -3.31. The zero-order valence-electron chi connectivity index (χ0n) is 13.7. The van der Waals surface area contributed by atoms with Gasteiger partial charge in [0.2, 0.25) is 0 Å². The quantitative estimate of drug-likeness (QED) is 0.808. The van der Waals surface area contributed by atoms with Crippen LogP contribution in [0.1, 0.15) is 43.0 Å². The zero-order chi connectivity index (χ0) is 16.9. The standard InChI is InChI=1S/C17H25NO4S/c1-13-6-3-4-9-16(13)22-11-10-18-17(19)14-7-5-8-15(12-14)23(2,20)21/h5,7-8,12-13,16H,3-4,6,9-11H2,1-2H3,(H,18,19)/t13-,16+/m0/s1. The average molecular weight is 339 g/mol. The molecule has 6 heteroatoms. The Morgan fingerprint density at radius 2 is 2.04 bits per heavy atom. The molecule has 1 amide bonds. The largest absolute Gasteiger partial charge is 0.376 e. The van der Waals surface area contributed by atoms with Crippen molar-refractivity contribution in [2.45, 2.75) is 43.6 Å². The molecule has 0 saturated heterocycles. The highest BCUT2D eigenvalue weighted by Crippen LogP contribution is 2.25. The molecule has 1 aromatic rings. The van der Waals surface area contributed by atoms with Gasteiger partial charge in [-0.15, -0.1) is 0 Å². The molecule has 1 fully saturated rings. The van der Waals surface area contributed by atoms with E-state index in [0.29, 0.717) is 24.6 Å². The van der Waals surface area contributed by atoms with Crippen LogP contribution in [0.3, 0.4) is 0 Å². The van der Waals surface area contributed by atoms with Gasteiger partial charge < -0.3 is 10.1 Å². The zero-order valence-corrected chi connectivity index (χ0v) is 14.6. The van der Waals surface area contributed by atoms with Crippen LogP contribution in [0.15, 0.2) is 29.2 Å². The highest BCUT2D eigenvalue weighted by Gasteiger charge is 2.21. The Labute approximate surface area is 138 Å². The molecule has 1 saturated carbocycles. The maximum atomic E-state index is 12.1. The van der Waals surface area contributed by atoms with Crippen LogP contribution >= 0.6 is 0 Å². The van der Waals surface area contributed by atoms with Gasteiger partial charge in [0.25, 0.3) is 5.91 Å².